The third kappa shape index (κ3) is 2.96. The SMILES string of the molecule is C[C@@H](O)c1cc(F)ccc1N1CCCOCC1. The maximum Gasteiger partial charge on any atom is 0.123 e. The number of aliphatic hydroxyl groups is 1. The van der Waals surface area contributed by atoms with Crippen molar-refractivity contribution in [2.75, 3.05) is 31.2 Å². The molecule has 17 heavy (non-hydrogen) atoms. The van der Waals surface area contributed by atoms with E-state index in [1.807, 2.05) is 0 Å². The van der Waals surface area contributed by atoms with Crippen LogP contribution in [0, 0.1) is 5.82 Å². The Morgan fingerprint density at radius 1 is 1.35 bits per heavy atom. The number of aliphatic hydroxyl groups excluding tert-OH is 1. The van der Waals surface area contributed by atoms with Gasteiger partial charge in [0.1, 0.15) is 5.82 Å². The normalized spacial score (nSPS) is 18.9. The van der Waals surface area contributed by atoms with Crippen molar-refractivity contribution in [2.24, 2.45) is 0 Å². The summed E-state index contributed by atoms with van der Waals surface area (Å²) in [5.74, 6) is -0.310. The lowest BCUT2D eigenvalue weighted by atomic mass is 10.1. The largest absolute Gasteiger partial charge is 0.389 e. The predicted octanol–water partition coefficient (Wildman–Crippen LogP) is 2.11. The molecule has 1 heterocycles. The number of benzene rings is 1. The summed E-state index contributed by atoms with van der Waals surface area (Å²) in [4.78, 5) is 2.15. The van der Waals surface area contributed by atoms with Crippen molar-refractivity contribution < 1.29 is 14.2 Å². The molecule has 94 valence electrons. The molecule has 0 aliphatic carbocycles. The zero-order valence-electron chi connectivity index (χ0n) is 10.0. The highest BCUT2D eigenvalue weighted by Gasteiger charge is 2.16. The van der Waals surface area contributed by atoms with E-state index in [1.165, 1.54) is 12.1 Å². The molecular weight excluding hydrogens is 221 g/mol. The highest BCUT2D eigenvalue weighted by Crippen LogP contribution is 2.27. The number of hydrogen-bond acceptors (Lipinski definition) is 3. The molecule has 0 unspecified atom stereocenters. The van der Waals surface area contributed by atoms with E-state index in [0.29, 0.717) is 12.2 Å². The topological polar surface area (TPSA) is 32.7 Å². The first-order valence-corrected chi connectivity index (χ1v) is 5.98. The van der Waals surface area contributed by atoms with E-state index in [2.05, 4.69) is 4.90 Å². The molecule has 1 saturated heterocycles. The van der Waals surface area contributed by atoms with Crippen molar-refractivity contribution in [1.82, 2.24) is 0 Å². The highest BCUT2D eigenvalue weighted by molar-refractivity contribution is 5.54. The van der Waals surface area contributed by atoms with Gasteiger partial charge in [-0.15, -0.1) is 0 Å². The molecule has 1 aromatic carbocycles. The van der Waals surface area contributed by atoms with Crippen LogP contribution in [-0.2, 0) is 4.74 Å². The first kappa shape index (κ1) is 12.3. The summed E-state index contributed by atoms with van der Waals surface area (Å²) in [6.07, 6.45) is 0.293. The number of halogens is 1. The first-order chi connectivity index (χ1) is 8.18. The van der Waals surface area contributed by atoms with Gasteiger partial charge in [0.15, 0.2) is 0 Å². The van der Waals surface area contributed by atoms with Gasteiger partial charge in [0.05, 0.1) is 12.7 Å². The van der Waals surface area contributed by atoms with E-state index in [0.717, 1.165) is 31.8 Å². The van der Waals surface area contributed by atoms with Gasteiger partial charge in [-0.25, -0.2) is 4.39 Å². The third-order valence-electron chi connectivity index (χ3n) is 3.00. The average Bonchev–Trinajstić information content (AvgIpc) is 2.57. The molecule has 2 rings (SSSR count). The van der Waals surface area contributed by atoms with Crippen LogP contribution in [0.1, 0.15) is 25.0 Å². The Morgan fingerprint density at radius 3 is 2.94 bits per heavy atom. The van der Waals surface area contributed by atoms with E-state index in [4.69, 9.17) is 4.74 Å². The molecule has 1 aliphatic heterocycles. The molecule has 4 heteroatoms. The molecule has 1 N–H and O–H groups in total. The van der Waals surface area contributed by atoms with E-state index in [-0.39, 0.29) is 5.82 Å². The molecule has 1 fully saturated rings. The van der Waals surface area contributed by atoms with Crippen LogP contribution in [0.4, 0.5) is 10.1 Å². The Hall–Kier alpha value is -1.13. The lowest BCUT2D eigenvalue weighted by molar-refractivity contribution is 0.152. The van der Waals surface area contributed by atoms with Crippen molar-refractivity contribution in [3.8, 4) is 0 Å². The maximum absolute atomic E-state index is 13.2. The molecule has 3 nitrogen and oxygen atoms in total. The minimum atomic E-state index is -0.662. The summed E-state index contributed by atoms with van der Waals surface area (Å²) >= 11 is 0. The van der Waals surface area contributed by atoms with Gasteiger partial charge < -0.3 is 14.7 Å². The minimum absolute atomic E-state index is 0.310. The van der Waals surface area contributed by atoms with Gasteiger partial charge in [-0.05, 0) is 31.5 Å². The Kier molecular flexibility index (Phi) is 3.97. The minimum Gasteiger partial charge on any atom is -0.389 e. The van der Waals surface area contributed by atoms with Crippen LogP contribution in [0.25, 0.3) is 0 Å². The molecule has 0 spiro atoms. The Bertz CT molecular complexity index is 374. The summed E-state index contributed by atoms with van der Waals surface area (Å²) in [5.41, 5.74) is 1.55. The molecule has 0 radical (unpaired) electrons. The van der Waals surface area contributed by atoms with Gasteiger partial charge in [0.25, 0.3) is 0 Å². The quantitative estimate of drug-likeness (QED) is 0.858. The van der Waals surface area contributed by atoms with E-state index in [9.17, 15) is 9.50 Å². The van der Waals surface area contributed by atoms with Gasteiger partial charge in [0, 0.05) is 30.9 Å². The van der Waals surface area contributed by atoms with Gasteiger partial charge in [-0.1, -0.05) is 0 Å². The lowest BCUT2D eigenvalue weighted by Crippen LogP contribution is -2.27. The predicted molar refractivity (Wildman–Crippen MR) is 64.7 cm³/mol. The van der Waals surface area contributed by atoms with Crippen molar-refractivity contribution in [1.29, 1.82) is 0 Å². The van der Waals surface area contributed by atoms with Gasteiger partial charge in [-0.2, -0.15) is 0 Å². The second kappa shape index (κ2) is 5.47. The zero-order chi connectivity index (χ0) is 12.3. The van der Waals surface area contributed by atoms with Crippen LogP contribution in [0.5, 0.6) is 0 Å². The molecule has 1 aliphatic rings. The Morgan fingerprint density at radius 2 is 2.18 bits per heavy atom. The van der Waals surface area contributed by atoms with Crippen molar-refractivity contribution >= 4 is 5.69 Å². The average molecular weight is 239 g/mol. The number of anilines is 1. The molecule has 0 saturated carbocycles. The number of hydrogen-bond donors (Lipinski definition) is 1. The Balaban J connectivity index is 2.29. The smallest absolute Gasteiger partial charge is 0.123 e. The molecule has 1 aromatic rings. The number of ether oxygens (including phenoxy) is 1. The highest BCUT2D eigenvalue weighted by atomic mass is 19.1. The van der Waals surface area contributed by atoms with Crippen LogP contribution >= 0.6 is 0 Å². The molecule has 0 bridgehead atoms. The van der Waals surface area contributed by atoms with Crippen molar-refractivity contribution in [3.63, 3.8) is 0 Å². The summed E-state index contributed by atoms with van der Waals surface area (Å²) < 4.78 is 18.6. The van der Waals surface area contributed by atoms with Crippen molar-refractivity contribution in [3.05, 3.63) is 29.6 Å². The van der Waals surface area contributed by atoms with Gasteiger partial charge >= 0.3 is 0 Å². The summed E-state index contributed by atoms with van der Waals surface area (Å²) in [6, 6.07) is 4.58. The monoisotopic (exact) mass is 239 g/mol. The summed E-state index contributed by atoms with van der Waals surface area (Å²) in [7, 11) is 0. The second-order valence-corrected chi connectivity index (χ2v) is 4.33. The standard InChI is InChI=1S/C13H18FNO2/c1-10(16)12-9-11(14)3-4-13(12)15-5-2-7-17-8-6-15/h3-4,9-10,16H,2,5-8H2,1H3/t10-/m1/s1. The fourth-order valence-electron chi connectivity index (χ4n) is 2.13. The van der Waals surface area contributed by atoms with Crippen molar-refractivity contribution in [2.45, 2.75) is 19.4 Å². The second-order valence-electron chi connectivity index (χ2n) is 4.33. The molecule has 0 amide bonds. The lowest BCUT2D eigenvalue weighted by Gasteiger charge is -2.25. The zero-order valence-corrected chi connectivity index (χ0v) is 10.0. The van der Waals surface area contributed by atoms with E-state index < -0.39 is 6.10 Å². The molecule has 0 aromatic heterocycles. The third-order valence-corrected chi connectivity index (χ3v) is 3.00. The van der Waals surface area contributed by atoms with Crippen LogP contribution in [-0.4, -0.2) is 31.4 Å². The van der Waals surface area contributed by atoms with Gasteiger partial charge in [0.2, 0.25) is 0 Å². The van der Waals surface area contributed by atoms with Crippen LogP contribution < -0.4 is 4.90 Å². The Labute approximate surface area is 101 Å². The fourth-order valence-corrected chi connectivity index (χ4v) is 2.13. The summed E-state index contributed by atoms with van der Waals surface area (Å²) in [6.45, 7) is 4.77. The van der Waals surface area contributed by atoms with Gasteiger partial charge in [-0.3, -0.25) is 0 Å². The van der Waals surface area contributed by atoms with E-state index in [1.54, 1.807) is 13.0 Å². The molecular formula is C13H18FNO2. The van der Waals surface area contributed by atoms with Crippen LogP contribution in [0.15, 0.2) is 18.2 Å². The van der Waals surface area contributed by atoms with Crippen LogP contribution in [0.3, 0.4) is 0 Å². The number of nitrogens with zero attached hydrogens (tertiary/aromatic N) is 1. The summed E-state index contributed by atoms with van der Waals surface area (Å²) in [5, 5.41) is 9.71. The fraction of sp³-hybridized carbons (Fsp3) is 0.538. The first-order valence-electron chi connectivity index (χ1n) is 5.98. The number of rotatable bonds is 2. The van der Waals surface area contributed by atoms with Crippen LogP contribution in [0.2, 0.25) is 0 Å². The molecule has 1 atom stereocenters. The maximum atomic E-state index is 13.2. The van der Waals surface area contributed by atoms with E-state index >= 15 is 0 Å².